The first-order chi connectivity index (χ1) is 11.7. The zero-order chi connectivity index (χ0) is 16.9. The highest BCUT2D eigenvalue weighted by Gasteiger charge is 2.30. The van der Waals surface area contributed by atoms with Crippen LogP contribution >= 0.6 is 0 Å². The first kappa shape index (κ1) is 16.8. The number of rotatable bonds is 4. The summed E-state index contributed by atoms with van der Waals surface area (Å²) in [6.07, 6.45) is 1.58. The van der Waals surface area contributed by atoms with Crippen LogP contribution in [0.4, 0.5) is 5.69 Å². The molecule has 2 fully saturated rings. The van der Waals surface area contributed by atoms with Crippen molar-refractivity contribution < 1.29 is 19.1 Å². The highest BCUT2D eigenvalue weighted by Crippen LogP contribution is 2.20. The Morgan fingerprint density at radius 3 is 2.46 bits per heavy atom. The first-order valence-corrected chi connectivity index (χ1v) is 8.61. The molecule has 2 aliphatic rings. The van der Waals surface area contributed by atoms with Gasteiger partial charge in [-0.1, -0.05) is 0 Å². The lowest BCUT2D eigenvalue weighted by Crippen LogP contribution is -2.51. The van der Waals surface area contributed by atoms with Gasteiger partial charge in [-0.3, -0.25) is 4.79 Å². The Bertz CT molecular complexity index is 573. The van der Waals surface area contributed by atoms with Gasteiger partial charge in [0.15, 0.2) is 0 Å². The Labute approximate surface area is 142 Å². The van der Waals surface area contributed by atoms with Gasteiger partial charge in [0.05, 0.1) is 12.2 Å². The van der Waals surface area contributed by atoms with E-state index in [0.29, 0.717) is 31.9 Å². The molecule has 1 atom stereocenters. The van der Waals surface area contributed by atoms with E-state index in [0.717, 1.165) is 31.6 Å². The maximum absolute atomic E-state index is 12.4. The molecule has 2 heterocycles. The minimum absolute atomic E-state index is 0.129. The van der Waals surface area contributed by atoms with Gasteiger partial charge in [-0.25, -0.2) is 4.79 Å². The van der Waals surface area contributed by atoms with E-state index < -0.39 is 0 Å². The normalized spacial score (nSPS) is 21.0. The van der Waals surface area contributed by atoms with Gasteiger partial charge in [0.2, 0.25) is 0 Å². The zero-order valence-corrected chi connectivity index (χ0v) is 14.1. The molecule has 1 unspecified atom stereocenters. The minimum Gasteiger partial charge on any atom is -0.462 e. The molecule has 1 amide bonds. The second-order valence-electron chi connectivity index (χ2n) is 6.08. The van der Waals surface area contributed by atoms with Crippen molar-refractivity contribution in [2.75, 3.05) is 44.3 Å². The van der Waals surface area contributed by atoms with E-state index in [1.54, 1.807) is 19.1 Å². The number of ether oxygens (including phenoxy) is 2. The molecule has 1 aromatic carbocycles. The third-order valence-electron chi connectivity index (χ3n) is 4.54. The summed E-state index contributed by atoms with van der Waals surface area (Å²) < 4.78 is 10.5. The van der Waals surface area contributed by atoms with E-state index in [1.807, 2.05) is 17.0 Å². The molecule has 0 saturated carbocycles. The molecule has 0 aromatic heterocycles. The summed E-state index contributed by atoms with van der Waals surface area (Å²) in [4.78, 5) is 28.2. The Hall–Kier alpha value is -2.08. The fourth-order valence-corrected chi connectivity index (χ4v) is 3.18. The molecular weight excluding hydrogens is 308 g/mol. The van der Waals surface area contributed by atoms with Crippen molar-refractivity contribution in [1.29, 1.82) is 0 Å². The van der Waals surface area contributed by atoms with Crippen LogP contribution < -0.4 is 4.90 Å². The quantitative estimate of drug-likeness (QED) is 0.786. The van der Waals surface area contributed by atoms with E-state index in [1.165, 1.54) is 0 Å². The van der Waals surface area contributed by atoms with Crippen molar-refractivity contribution in [2.24, 2.45) is 0 Å². The largest absolute Gasteiger partial charge is 0.462 e. The molecule has 0 spiro atoms. The fourth-order valence-electron chi connectivity index (χ4n) is 3.18. The topological polar surface area (TPSA) is 59.1 Å². The van der Waals surface area contributed by atoms with Gasteiger partial charge >= 0.3 is 5.97 Å². The van der Waals surface area contributed by atoms with Crippen LogP contribution in [0.1, 0.15) is 30.1 Å². The molecule has 24 heavy (non-hydrogen) atoms. The predicted molar refractivity (Wildman–Crippen MR) is 90.2 cm³/mol. The number of piperazine rings is 1. The lowest BCUT2D eigenvalue weighted by Gasteiger charge is -2.37. The maximum Gasteiger partial charge on any atom is 0.338 e. The van der Waals surface area contributed by atoms with Crippen LogP contribution in [0, 0.1) is 0 Å². The Morgan fingerprint density at radius 2 is 1.88 bits per heavy atom. The van der Waals surface area contributed by atoms with Gasteiger partial charge in [0.25, 0.3) is 5.91 Å². The number of carbonyl (C=O) groups excluding carboxylic acids is 2. The molecule has 130 valence electrons. The summed E-state index contributed by atoms with van der Waals surface area (Å²) in [7, 11) is 0. The summed E-state index contributed by atoms with van der Waals surface area (Å²) >= 11 is 0. The summed E-state index contributed by atoms with van der Waals surface area (Å²) in [6, 6.07) is 7.45. The van der Waals surface area contributed by atoms with Crippen molar-refractivity contribution in [1.82, 2.24) is 4.90 Å². The second-order valence-corrected chi connectivity index (χ2v) is 6.08. The van der Waals surface area contributed by atoms with Crippen molar-refractivity contribution in [3.05, 3.63) is 29.8 Å². The molecule has 6 nitrogen and oxygen atoms in total. The zero-order valence-electron chi connectivity index (χ0n) is 14.1. The van der Waals surface area contributed by atoms with Crippen molar-refractivity contribution in [3.8, 4) is 0 Å². The van der Waals surface area contributed by atoms with E-state index in [4.69, 9.17) is 9.47 Å². The van der Waals surface area contributed by atoms with Gasteiger partial charge in [0, 0.05) is 38.5 Å². The molecule has 0 aliphatic carbocycles. The number of amides is 1. The van der Waals surface area contributed by atoms with Crippen LogP contribution in [-0.2, 0) is 14.3 Å². The van der Waals surface area contributed by atoms with Crippen LogP contribution in [0.25, 0.3) is 0 Å². The van der Waals surface area contributed by atoms with Gasteiger partial charge in [-0.05, 0) is 44.0 Å². The first-order valence-electron chi connectivity index (χ1n) is 8.61. The van der Waals surface area contributed by atoms with Crippen LogP contribution in [0.3, 0.4) is 0 Å². The molecule has 1 aromatic rings. The third kappa shape index (κ3) is 3.70. The van der Waals surface area contributed by atoms with E-state index in [9.17, 15) is 9.59 Å². The number of hydrogen-bond acceptors (Lipinski definition) is 5. The fraction of sp³-hybridized carbons (Fsp3) is 0.556. The standard InChI is InChI=1S/C18H24N2O4/c1-2-23-18(22)14-5-7-15(8-6-14)19-9-11-20(12-10-19)17(21)16-4-3-13-24-16/h5-8,16H,2-4,9-13H2,1H3. The Balaban J connectivity index is 1.54. The molecule has 2 saturated heterocycles. The molecule has 0 bridgehead atoms. The maximum atomic E-state index is 12.4. The van der Waals surface area contributed by atoms with E-state index >= 15 is 0 Å². The second kappa shape index (κ2) is 7.66. The van der Waals surface area contributed by atoms with E-state index in [2.05, 4.69) is 4.90 Å². The number of carbonyl (C=O) groups is 2. The predicted octanol–water partition coefficient (Wildman–Crippen LogP) is 1.69. The number of esters is 1. The molecule has 2 aliphatic heterocycles. The molecule has 0 N–H and O–H groups in total. The van der Waals surface area contributed by atoms with Gasteiger partial charge in [-0.2, -0.15) is 0 Å². The molecular formula is C18H24N2O4. The number of hydrogen-bond donors (Lipinski definition) is 0. The van der Waals surface area contributed by atoms with Gasteiger partial charge in [0.1, 0.15) is 6.10 Å². The van der Waals surface area contributed by atoms with Crippen molar-refractivity contribution >= 4 is 17.6 Å². The molecule has 0 radical (unpaired) electrons. The van der Waals surface area contributed by atoms with Crippen LogP contribution in [0.2, 0.25) is 0 Å². The highest BCUT2D eigenvalue weighted by molar-refractivity contribution is 5.89. The Morgan fingerprint density at radius 1 is 1.17 bits per heavy atom. The average Bonchev–Trinajstić information content (AvgIpc) is 3.16. The van der Waals surface area contributed by atoms with Crippen LogP contribution in [0.5, 0.6) is 0 Å². The summed E-state index contributed by atoms with van der Waals surface area (Å²) in [5.41, 5.74) is 1.63. The van der Waals surface area contributed by atoms with Crippen LogP contribution in [-0.4, -0.2) is 62.3 Å². The third-order valence-corrected chi connectivity index (χ3v) is 4.54. The SMILES string of the molecule is CCOC(=O)c1ccc(N2CCN(C(=O)C3CCCO3)CC2)cc1. The minimum atomic E-state index is -0.295. The molecule has 6 heteroatoms. The number of anilines is 1. The van der Waals surface area contributed by atoms with Gasteiger partial charge in [-0.15, -0.1) is 0 Å². The van der Waals surface area contributed by atoms with Gasteiger partial charge < -0.3 is 19.3 Å². The lowest BCUT2D eigenvalue weighted by atomic mass is 10.1. The summed E-state index contributed by atoms with van der Waals surface area (Å²) in [5, 5.41) is 0. The monoisotopic (exact) mass is 332 g/mol. The summed E-state index contributed by atoms with van der Waals surface area (Å²) in [6.45, 7) is 5.86. The lowest BCUT2D eigenvalue weighted by molar-refractivity contribution is -0.141. The summed E-state index contributed by atoms with van der Waals surface area (Å²) in [5.74, 6) is -0.166. The van der Waals surface area contributed by atoms with Crippen LogP contribution in [0.15, 0.2) is 24.3 Å². The number of benzene rings is 1. The molecule has 3 rings (SSSR count). The smallest absolute Gasteiger partial charge is 0.338 e. The number of nitrogens with zero attached hydrogens (tertiary/aromatic N) is 2. The highest BCUT2D eigenvalue weighted by atomic mass is 16.5. The van der Waals surface area contributed by atoms with E-state index in [-0.39, 0.29) is 18.0 Å². The van der Waals surface area contributed by atoms with Crippen molar-refractivity contribution in [2.45, 2.75) is 25.9 Å². The van der Waals surface area contributed by atoms with Crippen molar-refractivity contribution in [3.63, 3.8) is 0 Å². The average molecular weight is 332 g/mol. The Kier molecular flexibility index (Phi) is 5.35.